The standard InChI is InChI=1S/C10H8N2O2.ClH/c1-2-9-10(14-6-13-9)8-5-12-11-4-3-7(1)8;/h1-2,4-5H,3,6H2;1H. The van der Waals surface area contributed by atoms with E-state index >= 15 is 0 Å². The second-order valence-electron chi connectivity index (χ2n) is 3.12. The average molecular weight is 225 g/mol. The third-order valence-corrected chi connectivity index (χ3v) is 2.31. The molecule has 0 spiro atoms. The van der Waals surface area contributed by atoms with E-state index in [4.69, 9.17) is 9.47 Å². The molecule has 2 aliphatic heterocycles. The summed E-state index contributed by atoms with van der Waals surface area (Å²) in [6, 6.07) is 3.94. The quantitative estimate of drug-likeness (QED) is 0.675. The molecule has 78 valence electrons. The number of ether oxygens (including phenoxy) is 2. The van der Waals surface area contributed by atoms with Crippen molar-refractivity contribution in [3.05, 3.63) is 23.3 Å². The highest BCUT2D eigenvalue weighted by Gasteiger charge is 2.19. The smallest absolute Gasteiger partial charge is 0.231 e. The Morgan fingerprint density at radius 1 is 1.13 bits per heavy atom. The van der Waals surface area contributed by atoms with Crippen LogP contribution < -0.4 is 9.47 Å². The third kappa shape index (κ3) is 1.57. The number of benzene rings is 1. The number of fused-ring (bicyclic) bond motifs is 3. The van der Waals surface area contributed by atoms with Crippen LogP contribution in [0.1, 0.15) is 11.1 Å². The fraction of sp³-hybridized carbons (Fsp3) is 0.200. The molecule has 1 aromatic carbocycles. The summed E-state index contributed by atoms with van der Waals surface area (Å²) >= 11 is 0. The van der Waals surface area contributed by atoms with Crippen LogP contribution in [0, 0.1) is 0 Å². The van der Waals surface area contributed by atoms with Gasteiger partial charge in [-0.2, -0.15) is 10.2 Å². The molecule has 0 amide bonds. The first kappa shape index (κ1) is 9.98. The molecule has 0 saturated heterocycles. The van der Waals surface area contributed by atoms with Gasteiger partial charge in [0.05, 0.1) is 6.21 Å². The monoisotopic (exact) mass is 224 g/mol. The van der Waals surface area contributed by atoms with Gasteiger partial charge in [0, 0.05) is 18.2 Å². The Balaban J connectivity index is 0.000000853. The Morgan fingerprint density at radius 3 is 3.00 bits per heavy atom. The minimum Gasteiger partial charge on any atom is -0.454 e. The van der Waals surface area contributed by atoms with E-state index in [0.717, 1.165) is 23.5 Å². The molecule has 0 radical (unpaired) electrons. The van der Waals surface area contributed by atoms with E-state index in [1.807, 2.05) is 12.1 Å². The first-order valence-electron chi connectivity index (χ1n) is 4.41. The molecule has 0 aromatic heterocycles. The van der Waals surface area contributed by atoms with Gasteiger partial charge in [0.15, 0.2) is 11.5 Å². The Morgan fingerprint density at radius 2 is 2.07 bits per heavy atom. The van der Waals surface area contributed by atoms with Crippen LogP contribution in [0.25, 0.3) is 0 Å². The third-order valence-electron chi connectivity index (χ3n) is 2.31. The van der Waals surface area contributed by atoms with E-state index in [1.54, 1.807) is 12.4 Å². The number of halogens is 1. The van der Waals surface area contributed by atoms with E-state index in [9.17, 15) is 0 Å². The maximum Gasteiger partial charge on any atom is 0.231 e. The first-order valence-corrected chi connectivity index (χ1v) is 4.41. The maximum atomic E-state index is 5.38. The zero-order valence-electron chi connectivity index (χ0n) is 7.84. The normalized spacial score (nSPS) is 15.5. The van der Waals surface area contributed by atoms with Crippen molar-refractivity contribution in [2.45, 2.75) is 6.42 Å². The molecular formula is C10H9ClN2O2. The Labute approximate surface area is 93.0 Å². The summed E-state index contributed by atoms with van der Waals surface area (Å²) in [5, 5.41) is 7.76. The highest BCUT2D eigenvalue weighted by Crippen LogP contribution is 2.36. The van der Waals surface area contributed by atoms with Gasteiger partial charge in [-0.15, -0.1) is 12.4 Å². The Bertz CT molecular complexity index is 443. The highest BCUT2D eigenvalue weighted by atomic mass is 35.5. The van der Waals surface area contributed by atoms with Gasteiger partial charge in [0.2, 0.25) is 6.79 Å². The summed E-state index contributed by atoms with van der Waals surface area (Å²) in [5.74, 6) is 1.58. The van der Waals surface area contributed by atoms with Gasteiger partial charge >= 0.3 is 0 Å². The van der Waals surface area contributed by atoms with Gasteiger partial charge in [0.25, 0.3) is 0 Å². The zero-order chi connectivity index (χ0) is 9.38. The average Bonchev–Trinajstić information content (AvgIpc) is 2.55. The molecule has 5 heteroatoms. The lowest BCUT2D eigenvalue weighted by Crippen LogP contribution is -1.96. The van der Waals surface area contributed by atoms with Crippen LogP contribution in [-0.4, -0.2) is 19.2 Å². The van der Waals surface area contributed by atoms with Crippen LogP contribution in [0.5, 0.6) is 11.5 Å². The molecule has 0 N–H and O–H groups in total. The Hall–Kier alpha value is -1.55. The Kier molecular flexibility index (Phi) is 2.60. The van der Waals surface area contributed by atoms with Crippen LogP contribution in [-0.2, 0) is 6.42 Å². The topological polar surface area (TPSA) is 43.2 Å². The van der Waals surface area contributed by atoms with Gasteiger partial charge < -0.3 is 9.47 Å². The van der Waals surface area contributed by atoms with E-state index in [0.29, 0.717) is 6.79 Å². The molecule has 3 rings (SSSR count). The van der Waals surface area contributed by atoms with E-state index in [1.165, 1.54) is 5.56 Å². The van der Waals surface area contributed by atoms with Crippen molar-refractivity contribution in [2.75, 3.05) is 6.79 Å². The van der Waals surface area contributed by atoms with E-state index in [2.05, 4.69) is 10.2 Å². The molecule has 1 aromatic rings. The first-order chi connectivity index (χ1) is 6.95. The van der Waals surface area contributed by atoms with Gasteiger partial charge in [-0.25, -0.2) is 0 Å². The minimum absolute atomic E-state index is 0. The van der Waals surface area contributed by atoms with Gasteiger partial charge in [-0.05, 0) is 11.6 Å². The van der Waals surface area contributed by atoms with Crippen molar-refractivity contribution in [3.8, 4) is 11.5 Å². The molecule has 0 aliphatic carbocycles. The lowest BCUT2D eigenvalue weighted by atomic mass is 10.0. The molecule has 0 unspecified atom stereocenters. The summed E-state index contributed by atoms with van der Waals surface area (Å²) in [6.45, 7) is 0.292. The lowest BCUT2D eigenvalue weighted by molar-refractivity contribution is 0.174. The van der Waals surface area contributed by atoms with Crippen LogP contribution in [0.3, 0.4) is 0 Å². The summed E-state index contributed by atoms with van der Waals surface area (Å²) in [4.78, 5) is 0. The fourth-order valence-corrected chi connectivity index (χ4v) is 1.63. The van der Waals surface area contributed by atoms with Crippen LogP contribution in [0.15, 0.2) is 22.3 Å². The molecule has 0 saturated carbocycles. The predicted octanol–water partition coefficient (Wildman–Crippen LogP) is 1.80. The fourth-order valence-electron chi connectivity index (χ4n) is 1.63. The van der Waals surface area contributed by atoms with Crippen molar-refractivity contribution < 1.29 is 9.47 Å². The maximum absolute atomic E-state index is 5.38. The van der Waals surface area contributed by atoms with E-state index in [-0.39, 0.29) is 12.4 Å². The molecule has 0 bridgehead atoms. The predicted molar refractivity (Wildman–Crippen MR) is 59.6 cm³/mol. The summed E-state index contributed by atoms with van der Waals surface area (Å²) < 4.78 is 10.7. The van der Waals surface area contributed by atoms with Crippen molar-refractivity contribution >= 4 is 24.8 Å². The van der Waals surface area contributed by atoms with Gasteiger partial charge in [0.1, 0.15) is 0 Å². The van der Waals surface area contributed by atoms with Gasteiger partial charge in [-0.1, -0.05) is 6.07 Å². The molecule has 2 heterocycles. The molecule has 4 nitrogen and oxygen atoms in total. The van der Waals surface area contributed by atoms with Crippen molar-refractivity contribution in [1.82, 2.24) is 0 Å². The summed E-state index contributed by atoms with van der Waals surface area (Å²) in [7, 11) is 0. The highest BCUT2D eigenvalue weighted by molar-refractivity contribution is 5.90. The largest absolute Gasteiger partial charge is 0.454 e. The van der Waals surface area contributed by atoms with Crippen LogP contribution >= 0.6 is 12.4 Å². The van der Waals surface area contributed by atoms with Gasteiger partial charge in [-0.3, -0.25) is 0 Å². The van der Waals surface area contributed by atoms with Crippen molar-refractivity contribution in [1.29, 1.82) is 0 Å². The van der Waals surface area contributed by atoms with Crippen LogP contribution in [0.4, 0.5) is 0 Å². The van der Waals surface area contributed by atoms with Crippen molar-refractivity contribution in [2.24, 2.45) is 10.2 Å². The zero-order valence-corrected chi connectivity index (χ0v) is 8.66. The van der Waals surface area contributed by atoms with Crippen LogP contribution in [0.2, 0.25) is 0 Å². The second kappa shape index (κ2) is 3.90. The number of rotatable bonds is 0. The minimum atomic E-state index is 0. The molecular weight excluding hydrogens is 216 g/mol. The summed E-state index contributed by atoms with van der Waals surface area (Å²) in [5.41, 5.74) is 2.15. The SMILES string of the molecule is C1=NN=Cc2c(ccc3c2OCO3)C1.Cl. The number of hydrogen-bond acceptors (Lipinski definition) is 4. The molecule has 0 atom stereocenters. The second-order valence-corrected chi connectivity index (χ2v) is 3.12. The number of nitrogens with zero attached hydrogens (tertiary/aromatic N) is 2. The molecule has 2 aliphatic rings. The number of hydrogen-bond donors (Lipinski definition) is 0. The van der Waals surface area contributed by atoms with E-state index < -0.39 is 0 Å². The van der Waals surface area contributed by atoms with Crippen molar-refractivity contribution in [3.63, 3.8) is 0 Å². The summed E-state index contributed by atoms with van der Waals surface area (Å²) in [6.07, 6.45) is 4.28. The molecule has 15 heavy (non-hydrogen) atoms. The molecule has 0 fully saturated rings. The lowest BCUT2D eigenvalue weighted by Gasteiger charge is -2.04.